The lowest BCUT2D eigenvalue weighted by Crippen LogP contribution is -2.05. The van der Waals surface area contributed by atoms with Gasteiger partial charge in [0.05, 0.1) is 5.69 Å². The topological polar surface area (TPSA) is 73.1 Å². The average molecular weight is 377 g/mol. The van der Waals surface area contributed by atoms with Gasteiger partial charge in [0.2, 0.25) is 11.0 Å². The van der Waals surface area contributed by atoms with E-state index in [1.807, 2.05) is 37.3 Å². The van der Waals surface area contributed by atoms with Crippen molar-refractivity contribution in [1.29, 1.82) is 0 Å². The lowest BCUT2D eigenvalue weighted by atomic mass is 10.2. The van der Waals surface area contributed by atoms with Gasteiger partial charge in [-0.25, -0.2) is 4.98 Å². The summed E-state index contributed by atoms with van der Waals surface area (Å²) in [4.78, 5) is 4.52. The lowest BCUT2D eigenvalue weighted by molar-refractivity contribution is 0.147. The predicted octanol–water partition coefficient (Wildman–Crippen LogP) is 4.32. The van der Waals surface area contributed by atoms with E-state index in [1.165, 1.54) is 0 Å². The van der Waals surface area contributed by atoms with Crippen LogP contribution < -0.4 is 5.32 Å². The molecule has 0 atom stereocenters. The van der Waals surface area contributed by atoms with Crippen molar-refractivity contribution in [2.75, 3.05) is 25.1 Å². The summed E-state index contributed by atoms with van der Waals surface area (Å²) in [7, 11) is 0. The van der Waals surface area contributed by atoms with Crippen LogP contribution in [0.3, 0.4) is 0 Å². The third kappa shape index (κ3) is 5.55. The fourth-order valence-electron chi connectivity index (χ4n) is 2.08. The molecule has 0 unspecified atom stereocenters. The van der Waals surface area contributed by atoms with Crippen LogP contribution in [0.2, 0.25) is 0 Å². The summed E-state index contributed by atoms with van der Waals surface area (Å²) in [5, 5.41) is 12.4. The minimum Gasteiger partial charge on any atom is -0.444 e. The summed E-state index contributed by atoms with van der Waals surface area (Å²) >= 11 is 3.16. The number of benzene rings is 1. The van der Waals surface area contributed by atoms with Crippen LogP contribution in [-0.2, 0) is 10.5 Å². The van der Waals surface area contributed by atoms with Crippen molar-refractivity contribution < 1.29 is 9.15 Å². The van der Waals surface area contributed by atoms with Gasteiger partial charge in [0.15, 0.2) is 4.34 Å². The maximum absolute atomic E-state index is 5.55. The number of nitrogens with one attached hydrogen (secondary N) is 1. The highest BCUT2D eigenvalue weighted by molar-refractivity contribution is 8.00. The third-order valence-electron chi connectivity index (χ3n) is 3.27. The van der Waals surface area contributed by atoms with Crippen molar-refractivity contribution in [3.63, 3.8) is 0 Å². The second-order valence-electron chi connectivity index (χ2n) is 5.15. The van der Waals surface area contributed by atoms with E-state index in [2.05, 4.69) is 20.5 Å². The minimum atomic E-state index is 0.644. The molecule has 0 aliphatic rings. The summed E-state index contributed by atoms with van der Waals surface area (Å²) in [6.45, 7) is 4.36. The quantitative estimate of drug-likeness (QED) is 0.417. The van der Waals surface area contributed by atoms with Crippen LogP contribution in [0.1, 0.15) is 19.0 Å². The molecule has 0 fully saturated rings. The molecule has 132 valence electrons. The monoisotopic (exact) mass is 376 g/mol. The van der Waals surface area contributed by atoms with Crippen molar-refractivity contribution in [2.24, 2.45) is 0 Å². The molecule has 2 aromatic heterocycles. The Morgan fingerprint density at radius 2 is 2.12 bits per heavy atom. The molecule has 0 amide bonds. The number of hydrogen-bond acceptors (Lipinski definition) is 8. The summed E-state index contributed by atoms with van der Waals surface area (Å²) in [5.74, 6) is 1.35. The van der Waals surface area contributed by atoms with E-state index in [0.29, 0.717) is 11.6 Å². The lowest BCUT2D eigenvalue weighted by Gasteiger charge is -2.01. The van der Waals surface area contributed by atoms with E-state index in [0.717, 1.165) is 46.9 Å². The highest BCUT2D eigenvalue weighted by Gasteiger charge is 2.09. The second-order valence-corrected chi connectivity index (χ2v) is 7.35. The average Bonchev–Trinajstić information content (AvgIpc) is 3.30. The summed E-state index contributed by atoms with van der Waals surface area (Å²) in [6, 6.07) is 9.88. The Kier molecular flexibility index (Phi) is 6.84. The van der Waals surface area contributed by atoms with Crippen molar-refractivity contribution in [3.8, 4) is 11.5 Å². The molecule has 0 bridgehead atoms. The second kappa shape index (κ2) is 9.55. The number of oxazole rings is 1. The number of rotatable bonds is 10. The number of thioether (sulfide) groups is 1. The van der Waals surface area contributed by atoms with Gasteiger partial charge in [0.1, 0.15) is 6.26 Å². The Balaban J connectivity index is 1.45. The maximum atomic E-state index is 5.55. The fraction of sp³-hybridized carbons (Fsp3) is 0.353. The molecule has 0 radical (unpaired) electrons. The molecule has 1 aromatic carbocycles. The molecule has 0 spiro atoms. The normalized spacial score (nSPS) is 10.9. The van der Waals surface area contributed by atoms with Crippen LogP contribution in [0.4, 0.5) is 5.13 Å². The molecule has 3 rings (SSSR count). The Hall–Kier alpha value is -1.90. The maximum Gasteiger partial charge on any atom is 0.226 e. The van der Waals surface area contributed by atoms with Crippen LogP contribution >= 0.6 is 23.1 Å². The van der Waals surface area contributed by atoms with E-state index in [1.54, 1.807) is 29.4 Å². The molecular weight excluding hydrogens is 356 g/mol. The molecule has 0 aliphatic heterocycles. The van der Waals surface area contributed by atoms with Gasteiger partial charge in [0, 0.05) is 31.1 Å². The first-order valence-electron chi connectivity index (χ1n) is 8.13. The molecule has 0 aliphatic carbocycles. The van der Waals surface area contributed by atoms with E-state index in [9.17, 15) is 0 Å². The molecule has 6 nitrogen and oxygen atoms in total. The first kappa shape index (κ1) is 17.9. The van der Waals surface area contributed by atoms with Crippen molar-refractivity contribution in [3.05, 3.63) is 42.3 Å². The van der Waals surface area contributed by atoms with Crippen LogP contribution in [-0.4, -0.2) is 34.9 Å². The fourth-order valence-corrected chi connectivity index (χ4v) is 3.73. The summed E-state index contributed by atoms with van der Waals surface area (Å²) in [5.41, 5.74) is 1.87. The third-order valence-corrected chi connectivity index (χ3v) is 5.32. The van der Waals surface area contributed by atoms with E-state index in [-0.39, 0.29) is 0 Å². The molecule has 8 heteroatoms. The molecule has 0 saturated heterocycles. The van der Waals surface area contributed by atoms with Gasteiger partial charge in [-0.1, -0.05) is 41.3 Å². The minimum absolute atomic E-state index is 0.644. The van der Waals surface area contributed by atoms with Gasteiger partial charge in [0.25, 0.3) is 0 Å². The standard InChI is InChI=1S/C17H20N4O2S2/c1-2-22-10-6-9-18-16-20-21-17(25-16)24-12-14-11-23-15(19-14)13-7-4-3-5-8-13/h3-5,7-8,11H,2,6,9-10,12H2,1H3,(H,18,20). The first-order chi connectivity index (χ1) is 12.3. The zero-order chi connectivity index (χ0) is 17.3. The largest absolute Gasteiger partial charge is 0.444 e. The molecule has 2 heterocycles. The molecule has 1 N–H and O–H groups in total. The highest BCUT2D eigenvalue weighted by atomic mass is 32.2. The number of nitrogens with zero attached hydrogens (tertiary/aromatic N) is 3. The number of anilines is 1. The zero-order valence-corrected chi connectivity index (χ0v) is 15.6. The number of hydrogen-bond donors (Lipinski definition) is 1. The van der Waals surface area contributed by atoms with Crippen LogP contribution in [0.25, 0.3) is 11.5 Å². The molecular formula is C17H20N4O2S2. The summed E-state index contributed by atoms with van der Waals surface area (Å²) in [6.07, 6.45) is 2.65. The van der Waals surface area contributed by atoms with E-state index < -0.39 is 0 Å². The van der Waals surface area contributed by atoms with Crippen molar-refractivity contribution in [1.82, 2.24) is 15.2 Å². The first-order valence-corrected chi connectivity index (χ1v) is 9.93. The highest BCUT2D eigenvalue weighted by Crippen LogP contribution is 2.29. The molecule has 25 heavy (non-hydrogen) atoms. The van der Waals surface area contributed by atoms with Crippen molar-refractivity contribution >= 4 is 28.2 Å². The van der Waals surface area contributed by atoms with Crippen LogP contribution in [0.5, 0.6) is 0 Å². The van der Waals surface area contributed by atoms with E-state index >= 15 is 0 Å². The molecule has 0 saturated carbocycles. The number of aromatic nitrogens is 3. The molecule has 3 aromatic rings. The smallest absolute Gasteiger partial charge is 0.226 e. The van der Waals surface area contributed by atoms with E-state index in [4.69, 9.17) is 9.15 Å². The Labute approximate surface area is 155 Å². The predicted molar refractivity (Wildman–Crippen MR) is 101 cm³/mol. The number of ether oxygens (including phenoxy) is 1. The summed E-state index contributed by atoms with van der Waals surface area (Å²) < 4.78 is 11.8. The Bertz CT molecular complexity index is 761. The van der Waals surface area contributed by atoms with Crippen LogP contribution in [0, 0.1) is 0 Å². The van der Waals surface area contributed by atoms with Gasteiger partial charge in [-0.05, 0) is 25.5 Å². The zero-order valence-electron chi connectivity index (χ0n) is 14.0. The van der Waals surface area contributed by atoms with Crippen molar-refractivity contribution in [2.45, 2.75) is 23.4 Å². The SMILES string of the molecule is CCOCCCNc1nnc(SCc2coc(-c3ccccc3)n2)s1. The Morgan fingerprint density at radius 3 is 2.96 bits per heavy atom. The Morgan fingerprint density at radius 1 is 1.24 bits per heavy atom. The van der Waals surface area contributed by atoms with Gasteiger partial charge < -0.3 is 14.5 Å². The van der Waals surface area contributed by atoms with Gasteiger partial charge in [-0.3, -0.25) is 0 Å². The van der Waals surface area contributed by atoms with Crippen LogP contribution in [0.15, 0.2) is 45.4 Å². The van der Waals surface area contributed by atoms with Gasteiger partial charge in [-0.15, -0.1) is 10.2 Å². The van der Waals surface area contributed by atoms with Gasteiger partial charge in [-0.2, -0.15) is 0 Å². The van der Waals surface area contributed by atoms with Gasteiger partial charge >= 0.3 is 0 Å².